The summed E-state index contributed by atoms with van der Waals surface area (Å²) in [5.41, 5.74) is 3.69. The third-order valence-corrected chi connectivity index (χ3v) is 6.06. The Kier molecular flexibility index (Phi) is 5.70. The minimum atomic E-state index is -0.427. The maximum Gasteiger partial charge on any atom is 0.353 e. The monoisotopic (exact) mass is 478 g/mol. The predicted octanol–water partition coefficient (Wildman–Crippen LogP) is 3.06. The second kappa shape index (κ2) is 8.83. The van der Waals surface area contributed by atoms with E-state index in [-0.39, 0.29) is 6.54 Å². The average Bonchev–Trinajstić information content (AvgIpc) is 3.12. The largest absolute Gasteiger partial charge is 0.495 e. The molecule has 0 saturated carbocycles. The Morgan fingerprint density at radius 1 is 1.18 bits per heavy atom. The molecule has 174 valence electrons. The van der Waals surface area contributed by atoms with Gasteiger partial charge < -0.3 is 15.0 Å². The fraction of sp³-hybridized carbons (Fsp3) is 0.250. The van der Waals surface area contributed by atoms with Gasteiger partial charge in [-0.3, -0.25) is 4.79 Å². The van der Waals surface area contributed by atoms with Crippen LogP contribution in [0.25, 0.3) is 5.65 Å². The van der Waals surface area contributed by atoms with Crippen LogP contribution in [0.5, 0.6) is 5.75 Å². The molecule has 34 heavy (non-hydrogen) atoms. The molecule has 10 heteroatoms. The molecule has 4 aromatic rings. The molecule has 3 heterocycles. The molecule has 2 aromatic heterocycles. The van der Waals surface area contributed by atoms with Crippen molar-refractivity contribution in [3.8, 4) is 5.75 Å². The molecular weight excluding hydrogens is 456 g/mol. The van der Waals surface area contributed by atoms with Crippen LogP contribution in [0.15, 0.2) is 53.3 Å². The Balaban J connectivity index is 1.45. The fourth-order valence-electron chi connectivity index (χ4n) is 4.22. The summed E-state index contributed by atoms with van der Waals surface area (Å²) in [4.78, 5) is 32.8. The number of rotatable bonds is 5. The number of aryl methyl sites for hydroxylation is 1. The molecular formula is C24H23ClN6O3. The number of hydrogen-bond donors (Lipinski definition) is 1. The Bertz CT molecular complexity index is 1460. The van der Waals surface area contributed by atoms with Gasteiger partial charge in [-0.05, 0) is 42.7 Å². The van der Waals surface area contributed by atoms with Crippen molar-refractivity contribution in [2.75, 3.05) is 23.9 Å². The molecule has 2 aromatic carbocycles. The van der Waals surface area contributed by atoms with Crippen LogP contribution in [0.4, 0.5) is 11.6 Å². The van der Waals surface area contributed by atoms with Crippen molar-refractivity contribution < 1.29 is 9.53 Å². The molecule has 0 bridgehead atoms. The van der Waals surface area contributed by atoms with E-state index < -0.39 is 11.6 Å². The molecule has 1 N–H and O–H groups in total. The summed E-state index contributed by atoms with van der Waals surface area (Å²) in [6, 6.07) is 14.9. The van der Waals surface area contributed by atoms with E-state index in [1.807, 2.05) is 19.1 Å². The quantitative estimate of drug-likeness (QED) is 0.474. The van der Waals surface area contributed by atoms with Crippen molar-refractivity contribution in [1.29, 1.82) is 0 Å². The highest BCUT2D eigenvalue weighted by atomic mass is 35.5. The zero-order valence-electron chi connectivity index (χ0n) is 18.8. The first-order valence-corrected chi connectivity index (χ1v) is 11.2. The molecule has 0 unspecified atom stereocenters. The van der Waals surface area contributed by atoms with E-state index in [1.54, 1.807) is 24.3 Å². The van der Waals surface area contributed by atoms with Crippen molar-refractivity contribution in [2.24, 2.45) is 0 Å². The second-order valence-corrected chi connectivity index (χ2v) is 8.60. The lowest BCUT2D eigenvalue weighted by molar-refractivity contribution is -0.117. The number of halogens is 1. The Hall–Kier alpha value is -3.85. The van der Waals surface area contributed by atoms with Crippen LogP contribution < -0.4 is 20.6 Å². The highest BCUT2D eigenvalue weighted by Gasteiger charge is 2.23. The van der Waals surface area contributed by atoms with Crippen molar-refractivity contribution in [2.45, 2.75) is 26.4 Å². The van der Waals surface area contributed by atoms with Gasteiger partial charge in [-0.1, -0.05) is 35.9 Å². The van der Waals surface area contributed by atoms with E-state index >= 15 is 0 Å². The summed E-state index contributed by atoms with van der Waals surface area (Å²) in [5.74, 6) is 0.564. The number of aromatic nitrogens is 4. The van der Waals surface area contributed by atoms with E-state index in [4.69, 9.17) is 16.3 Å². The summed E-state index contributed by atoms with van der Waals surface area (Å²) in [6.07, 6.45) is 0.861. The van der Waals surface area contributed by atoms with Crippen molar-refractivity contribution in [1.82, 2.24) is 19.2 Å². The summed E-state index contributed by atoms with van der Waals surface area (Å²) in [7, 11) is 1.50. The van der Waals surface area contributed by atoms with Gasteiger partial charge in [0, 0.05) is 29.9 Å². The molecule has 9 nitrogen and oxygen atoms in total. The Morgan fingerprint density at radius 2 is 1.97 bits per heavy atom. The van der Waals surface area contributed by atoms with Gasteiger partial charge in [-0.15, -0.1) is 5.10 Å². The number of amides is 1. The average molecular weight is 479 g/mol. The predicted molar refractivity (Wildman–Crippen MR) is 130 cm³/mol. The number of hydrogen-bond acceptors (Lipinski definition) is 6. The van der Waals surface area contributed by atoms with E-state index in [1.165, 1.54) is 22.6 Å². The minimum Gasteiger partial charge on any atom is -0.495 e. The lowest BCUT2D eigenvalue weighted by Crippen LogP contribution is -2.35. The van der Waals surface area contributed by atoms with Gasteiger partial charge in [0.25, 0.3) is 0 Å². The van der Waals surface area contributed by atoms with Crippen LogP contribution in [0.1, 0.15) is 16.8 Å². The summed E-state index contributed by atoms with van der Waals surface area (Å²) in [5, 5.41) is 7.59. The van der Waals surface area contributed by atoms with Gasteiger partial charge in [0.15, 0.2) is 5.65 Å². The topological polar surface area (TPSA) is 93.8 Å². The van der Waals surface area contributed by atoms with E-state index in [0.717, 1.165) is 23.3 Å². The molecule has 1 amide bonds. The lowest BCUT2D eigenvalue weighted by Gasteiger charge is -2.29. The van der Waals surface area contributed by atoms with Gasteiger partial charge in [0.1, 0.15) is 12.3 Å². The van der Waals surface area contributed by atoms with Gasteiger partial charge in [-0.2, -0.15) is 0 Å². The highest BCUT2D eigenvalue weighted by molar-refractivity contribution is 6.31. The van der Waals surface area contributed by atoms with Crippen LogP contribution in [0, 0.1) is 6.92 Å². The number of nitrogens with one attached hydrogen (secondary N) is 1. The van der Waals surface area contributed by atoms with Crippen LogP contribution in [0.3, 0.4) is 0 Å². The minimum absolute atomic E-state index is 0.266. The molecule has 0 radical (unpaired) electrons. The second-order valence-electron chi connectivity index (χ2n) is 8.16. The zero-order valence-corrected chi connectivity index (χ0v) is 19.5. The molecule has 0 aliphatic carbocycles. The number of fused-ring (bicyclic) bond motifs is 2. The maximum absolute atomic E-state index is 13.3. The van der Waals surface area contributed by atoms with Crippen LogP contribution in [-0.4, -0.2) is 38.7 Å². The fourth-order valence-corrected chi connectivity index (χ4v) is 4.39. The molecule has 1 aliphatic heterocycles. The van der Waals surface area contributed by atoms with E-state index in [9.17, 15) is 9.59 Å². The Morgan fingerprint density at radius 3 is 2.76 bits per heavy atom. The van der Waals surface area contributed by atoms with Crippen LogP contribution in [-0.2, 0) is 24.3 Å². The van der Waals surface area contributed by atoms with Crippen molar-refractivity contribution in [3.63, 3.8) is 0 Å². The lowest BCUT2D eigenvalue weighted by atomic mass is 10.0. The molecule has 0 fully saturated rings. The van der Waals surface area contributed by atoms with Crippen LogP contribution >= 0.6 is 11.6 Å². The van der Waals surface area contributed by atoms with Crippen molar-refractivity contribution in [3.05, 3.63) is 80.9 Å². The smallest absolute Gasteiger partial charge is 0.353 e. The molecule has 5 rings (SSSR count). The number of ether oxygens (including phenoxy) is 1. The first kappa shape index (κ1) is 22.0. The standard InChI is InChI=1S/C24H23ClN6O3/c1-15-11-21-28-30(14-22(32)27-19-12-18(25)7-8-20(19)34-2)24(33)31(21)23(26-15)29-10-9-16-5-3-4-6-17(16)13-29/h3-8,11-12H,9-10,13-14H2,1-2H3,(H,27,32). The SMILES string of the molecule is COc1ccc(Cl)cc1NC(=O)Cn1nc2cc(C)nc(N3CCc4ccccc4C3)n2c1=O. The number of carbonyl (C=O) groups excluding carboxylic acids is 1. The van der Waals surface area contributed by atoms with Gasteiger partial charge in [0.05, 0.1) is 12.8 Å². The van der Waals surface area contributed by atoms with Gasteiger partial charge >= 0.3 is 5.69 Å². The molecule has 0 atom stereocenters. The molecule has 0 spiro atoms. The normalized spacial score (nSPS) is 13.1. The van der Waals surface area contributed by atoms with E-state index in [0.29, 0.717) is 34.6 Å². The van der Waals surface area contributed by atoms with E-state index in [2.05, 4.69) is 32.4 Å². The first-order chi connectivity index (χ1) is 16.4. The van der Waals surface area contributed by atoms with Crippen LogP contribution in [0.2, 0.25) is 5.02 Å². The highest BCUT2D eigenvalue weighted by Crippen LogP contribution is 2.28. The molecule has 0 saturated heterocycles. The third-order valence-electron chi connectivity index (χ3n) is 5.82. The number of carbonyl (C=O) groups is 1. The van der Waals surface area contributed by atoms with Gasteiger partial charge in [0.2, 0.25) is 11.9 Å². The Labute approximate surface area is 200 Å². The maximum atomic E-state index is 13.3. The summed E-state index contributed by atoms with van der Waals surface area (Å²) >= 11 is 6.04. The van der Waals surface area contributed by atoms with Gasteiger partial charge in [-0.25, -0.2) is 18.9 Å². The number of nitrogens with zero attached hydrogens (tertiary/aromatic N) is 5. The summed E-state index contributed by atoms with van der Waals surface area (Å²) in [6.45, 7) is 2.98. The first-order valence-electron chi connectivity index (χ1n) is 10.9. The summed E-state index contributed by atoms with van der Waals surface area (Å²) < 4.78 is 7.88. The number of anilines is 2. The number of methoxy groups -OCH3 is 1. The molecule has 1 aliphatic rings. The third kappa shape index (κ3) is 4.10. The van der Waals surface area contributed by atoms with Crippen molar-refractivity contribution >= 4 is 34.8 Å². The number of benzene rings is 2. The zero-order chi connectivity index (χ0) is 23.8.